The number of ether oxygens (including phenoxy) is 1. The lowest BCUT2D eigenvalue weighted by atomic mass is 9.84. The fourth-order valence-corrected chi connectivity index (χ4v) is 4.35. The number of ketones is 1. The summed E-state index contributed by atoms with van der Waals surface area (Å²) in [5, 5.41) is 3.11. The number of halogens is 2. The van der Waals surface area contributed by atoms with E-state index in [2.05, 4.69) is 29.1 Å². The van der Waals surface area contributed by atoms with E-state index in [1.165, 1.54) is 18.2 Å². The fraction of sp³-hybridized carbons (Fsp3) is 0.357. The van der Waals surface area contributed by atoms with Crippen LogP contribution in [0.25, 0.3) is 11.3 Å². The van der Waals surface area contributed by atoms with Crippen molar-refractivity contribution in [2.24, 2.45) is 11.8 Å². The van der Waals surface area contributed by atoms with Crippen LogP contribution in [0.4, 0.5) is 14.5 Å². The fourth-order valence-electron chi connectivity index (χ4n) is 4.35. The van der Waals surface area contributed by atoms with Crippen molar-refractivity contribution in [1.29, 1.82) is 0 Å². The van der Waals surface area contributed by atoms with E-state index < -0.39 is 11.6 Å². The summed E-state index contributed by atoms with van der Waals surface area (Å²) in [5.74, 6) is -0.602. The van der Waals surface area contributed by atoms with Crippen molar-refractivity contribution in [2.75, 3.05) is 12.4 Å². The van der Waals surface area contributed by atoms with E-state index >= 15 is 0 Å². The average molecular weight is 496 g/mol. The molecule has 3 aromatic rings. The molecule has 1 N–H and O–H groups in total. The molecule has 0 amide bonds. The number of nitrogens with zero attached hydrogens (tertiary/aromatic N) is 2. The van der Waals surface area contributed by atoms with Gasteiger partial charge >= 0.3 is 0 Å². The zero-order valence-corrected chi connectivity index (χ0v) is 21.1. The molecule has 0 radical (unpaired) electrons. The molecule has 2 aromatic heterocycles. The van der Waals surface area contributed by atoms with E-state index in [9.17, 15) is 18.4 Å². The van der Waals surface area contributed by atoms with Crippen molar-refractivity contribution in [1.82, 2.24) is 9.97 Å². The number of aromatic nitrogens is 2. The van der Waals surface area contributed by atoms with Gasteiger partial charge < -0.3 is 10.1 Å². The summed E-state index contributed by atoms with van der Waals surface area (Å²) in [5.41, 5.74) is 2.54. The Morgan fingerprint density at radius 3 is 2.53 bits per heavy atom. The lowest BCUT2D eigenvalue weighted by Crippen LogP contribution is -2.39. The van der Waals surface area contributed by atoms with E-state index in [4.69, 9.17) is 4.74 Å². The van der Waals surface area contributed by atoms with Crippen LogP contribution >= 0.6 is 0 Å². The van der Waals surface area contributed by atoms with E-state index in [1.807, 2.05) is 20.0 Å². The van der Waals surface area contributed by atoms with Crippen LogP contribution in [0.5, 0.6) is 0 Å². The molecule has 190 valence electrons. The van der Waals surface area contributed by atoms with E-state index in [-0.39, 0.29) is 40.9 Å². The molecule has 1 aliphatic rings. The summed E-state index contributed by atoms with van der Waals surface area (Å²) >= 11 is 0. The number of benzene rings is 1. The molecule has 1 saturated heterocycles. The summed E-state index contributed by atoms with van der Waals surface area (Å²) in [7, 11) is 1.85. The number of anilines is 1. The number of carbonyl (C=O) groups is 2. The molecule has 0 spiro atoms. The molecular weight excluding hydrogens is 464 g/mol. The highest BCUT2D eigenvalue weighted by atomic mass is 19.1. The first-order chi connectivity index (χ1) is 17.2. The van der Waals surface area contributed by atoms with Crippen molar-refractivity contribution >= 4 is 17.8 Å². The second-order valence-corrected chi connectivity index (χ2v) is 9.12. The molecule has 8 heteroatoms. The highest BCUT2D eigenvalue weighted by molar-refractivity contribution is 5.83. The van der Waals surface area contributed by atoms with Crippen molar-refractivity contribution in [3.8, 4) is 11.3 Å². The Balaban J connectivity index is 0.000000202. The van der Waals surface area contributed by atoms with Gasteiger partial charge in [-0.15, -0.1) is 0 Å². The van der Waals surface area contributed by atoms with Gasteiger partial charge in [0, 0.05) is 36.7 Å². The molecule has 3 unspecified atom stereocenters. The van der Waals surface area contributed by atoms with Crippen molar-refractivity contribution in [2.45, 2.75) is 46.3 Å². The monoisotopic (exact) mass is 495 g/mol. The minimum Gasteiger partial charge on any atom is -0.387 e. The van der Waals surface area contributed by atoms with Gasteiger partial charge in [0.05, 0.1) is 24.1 Å². The van der Waals surface area contributed by atoms with Gasteiger partial charge in [0.2, 0.25) is 0 Å². The van der Waals surface area contributed by atoms with Crippen molar-refractivity contribution in [3.63, 3.8) is 0 Å². The standard InChI is InChI=1S/C15H22N2O2.C13H9F2NO/c1-9(2)15-10(3)13(18)7-14(19-15)11-5-6-17-8-12(11)16-4;1-8-3-2-4-10(14)12(8)13-11(15)6-5-9(7-17)16-13/h5-6,8-10,14-16H,7H2,1-4H3;2-7H,1H3. The Hall–Kier alpha value is -3.52. The third-order valence-electron chi connectivity index (χ3n) is 6.28. The number of hydrogen-bond donors (Lipinski definition) is 1. The SMILES string of the molecule is CNc1cnccc1C1CC(=O)C(C)C(C(C)C)O1.Cc1cccc(F)c1-c1nc(C=O)ccc1F. The van der Waals surface area contributed by atoms with Crippen LogP contribution in [-0.2, 0) is 9.53 Å². The predicted octanol–water partition coefficient (Wildman–Crippen LogP) is 5.96. The van der Waals surface area contributed by atoms with E-state index in [0.717, 1.165) is 17.3 Å². The number of nitrogens with one attached hydrogen (secondary N) is 1. The molecule has 1 aliphatic heterocycles. The Morgan fingerprint density at radius 1 is 1.14 bits per heavy atom. The Morgan fingerprint density at radius 2 is 1.89 bits per heavy atom. The van der Waals surface area contributed by atoms with Crippen LogP contribution < -0.4 is 5.32 Å². The average Bonchev–Trinajstić information content (AvgIpc) is 2.86. The van der Waals surface area contributed by atoms with E-state index in [1.54, 1.807) is 25.4 Å². The third kappa shape index (κ3) is 5.99. The number of aryl methyl sites for hydroxylation is 1. The smallest absolute Gasteiger partial charge is 0.168 e. The molecule has 4 rings (SSSR count). The van der Waals surface area contributed by atoms with E-state index in [0.29, 0.717) is 24.2 Å². The number of aldehydes is 1. The van der Waals surface area contributed by atoms with Crippen LogP contribution in [0.3, 0.4) is 0 Å². The molecule has 0 aliphatic carbocycles. The highest BCUT2D eigenvalue weighted by Crippen LogP contribution is 2.37. The summed E-state index contributed by atoms with van der Waals surface area (Å²) in [6, 6.07) is 8.72. The summed E-state index contributed by atoms with van der Waals surface area (Å²) in [6.45, 7) is 7.83. The highest BCUT2D eigenvalue weighted by Gasteiger charge is 2.37. The molecule has 3 heterocycles. The minimum absolute atomic E-state index is 0.0101. The number of rotatable bonds is 5. The molecule has 3 atom stereocenters. The first-order valence-electron chi connectivity index (χ1n) is 11.8. The van der Waals surface area contributed by atoms with Crippen LogP contribution in [0, 0.1) is 30.4 Å². The molecule has 6 nitrogen and oxygen atoms in total. The van der Waals surface area contributed by atoms with Crippen LogP contribution in [0.2, 0.25) is 0 Å². The molecular formula is C28H31F2N3O3. The largest absolute Gasteiger partial charge is 0.387 e. The molecule has 1 aromatic carbocycles. The number of pyridine rings is 2. The Kier molecular flexibility index (Phi) is 8.98. The Labute approximate surface area is 210 Å². The van der Waals surface area contributed by atoms with Gasteiger partial charge in [-0.25, -0.2) is 13.8 Å². The number of Topliss-reactive ketones (excluding diaryl/α,β-unsaturated/α-hetero) is 1. The molecule has 0 saturated carbocycles. The van der Waals surface area contributed by atoms with Gasteiger partial charge in [-0.1, -0.05) is 32.9 Å². The summed E-state index contributed by atoms with van der Waals surface area (Å²) in [4.78, 5) is 30.7. The minimum atomic E-state index is -0.649. The zero-order chi connectivity index (χ0) is 26.4. The Bertz CT molecular complexity index is 1210. The maximum Gasteiger partial charge on any atom is 0.168 e. The molecule has 1 fully saturated rings. The maximum absolute atomic E-state index is 13.7. The molecule has 36 heavy (non-hydrogen) atoms. The van der Waals surface area contributed by atoms with Gasteiger partial charge in [-0.3, -0.25) is 14.6 Å². The van der Waals surface area contributed by atoms with Gasteiger partial charge in [0.25, 0.3) is 0 Å². The lowest BCUT2D eigenvalue weighted by Gasteiger charge is -2.36. The van der Waals surface area contributed by atoms with Crippen molar-refractivity contribution in [3.05, 3.63) is 77.2 Å². The number of hydrogen-bond acceptors (Lipinski definition) is 6. The quantitative estimate of drug-likeness (QED) is 0.440. The first kappa shape index (κ1) is 27.1. The van der Waals surface area contributed by atoms with Crippen LogP contribution in [-0.4, -0.2) is 35.2 Å². The lowest BCUT2D eigenvalue weighted by molar-refractivity contribution is -0.150. The zero-order valence-electron chi connectivity index (χ0n) is 21.1. The van der Waals surface area contributed by atoms with Gasteiger partial charge in [0.1, 0.15) is 28.8 Å². The van der Waals surface area contributed by atoms with Crippen LogP contribution in [0.1, 0.15) is 54.9 Å². The predicted molar refractivity (Wildman–Crippen MR) is 135 cm³/mol. The second kappa shape index (κ2) is 11.9. The molecule has 0 bridgehead atoms. The first-order valence-corrected chi connectivity index (χ1v) is 11.8. The second-order valence-electron chi connectivity index (χ2n) is 9.12. The van der Waals surface area contributed by atoms with Crippen molar-refractivity contribution < 1.29 is 23.1 Å². The van der Waals surface area contributed by atoms with Gasteiger partial charge in [-0.05, 0) is 42.7 Å². The summed E-state index contributed by atoms with van der Waals surface area (Å²) < 4.78 is 33.4. The van der Waals surface area contributed by atoms with Crippen LogP contribution in [0.15, 0.2) is 48.8 Å². The third-order valence-corrected chi connectivity index (χ3v) is 6.28. The normalized spacial score (nSPS) is 19.4. The van der Waals surface area contributed by atoms with Gasteiger partial charge in [-0.2, -0.15) is 0 Å². The van der Waals surface area contributed by atoms with Gasteiger partial charge in [0.15, 0.2) is 6.29 Å². The maximum atomic E-state index is 13.7. The summed E-state index contributed by atoms with van der Waals surface area (Å²) in [6.07, 6.45) is 4.28. The topological polar surface area (TPSA) is 81.2 Å². The number of carbonyl (C=O) groups excluding carboxylic acids is 2.